The fourth-order valence-corrected chi connectivity index (χ4v) is 2.22. The molecule has 0 amide bonds. The number of allylic oxidation sites excluding steroid dienone is 2. The largest absolute Gasteiger partial charge is 0.462 e. The molecule has 1 rings (SSSR count). The molecule has 21 heavy (non-hydrogen) atoms. The third kappa shape index (κ3) is 6.44. The van der Waals surface area contributed by atoms with Crippen molar-refractivity contribution >= 4 is 5.97 Å². The average Bonchev–Trinajstić information content (AvgIpc) is 2.41. The van der Waals surface area contributed by atoms with E-state index in [9.17, 15) is 15.0 Å². The van der Waals surface area contributed by atoms with Crippen LogP contribution in [0, 0.1) is 5.92 Å². The summed E-state index contributed by atoms with van der Waals surface area (Å²) < 4.78 is 5.39. The maximum absolute atomic E-state index is 11.8. The van der Waals surface area contributed by atoms with Crippen molar-refractivity contribution in [3.8, 4) is 0 Å². The quantitative estimate of drug-likeness (QED) is 0.675. The molecule has 120 valence electrons. The van der Waals surface area contributed by atoms with Gasteiger partial charge in [-0.15, -0.1) is 0 Å². The fraction of sp³-hybridized carbons (Fsp3) is 0.706. The van der Waals surface area contributed by atoms with Gasteiger partial charge in [0.25, 0.3) is 0 Å². The molecule has 0 radical (unpaired) electrons. The van der Waals surface area contributed by atoms with E-state index >= 15 is 0 Å². The highest BCUT2D eigenvalue weighted by Gasteiger charge is 2.22. The lowest BCUT2D eigenvalue weighted by Gasteiger charge is -2.24. The van der Waals surface area contributed by atoms with E-state index in [0.717, 1.165) is 12.0 Å². The molecule has 0 aromatic carbocycles. The molecule has 2 N–H and O–H groups in total. The summed E-state index contributed by atoms with van der Waals surface area (Å²) in [5.74, 6) is -0.0947. The number of hydrogen-bond donors (Lipinski definition) is 2. The second-order valence-electron chi connectivity index (χ2n) is 6.39. The molecule has 0 aromatic rings. The molecule has 1 aliphatic rings. The van der Waals surface area contributed by atoms with Crippen molar-refractivity contribution < 1.29 is 19.7 Å². The van der Waals surface area contributed by atoms with Gasteiger partial charge in [0.15, 0.2) is 0 Å². The van der Waals surface area contributed by atoms with E-state index in [2.05, 4.69) is 0 Å². The topological polar surface area (TPSA) is 66.8 Å². The Labute approximate surface area is 127 Å². The van der Waals surface area contributed by atoms with Gasteiger partial charge in [0.05, 0.1) is 11.7 Å². The summed E-state index contributed by atoms with van der Waals surface area (Å²) in [6.07, 6.45) is 6.45. The van der Waals surface area contributed by atoms with E-state index in [4.69, 9.17) is 4.74 Å². The summed E-state index contributed by atoms with van der Waals surface area (Å²) in [6, 6.07) is 0. The zero-order chi connectivity index (χ0) is 16.0. The van der Waals surface area contributed by atoms with E-state index in [0.29, 0.717) is 12.8 Å². The van der Waals surface area contributed by atoms with Crippen LogP contribution in [0.4, 0.5) is 0 Å². The molecule has 4 nitrogen and oxygen atoms in total. The maximum Gasteiger partial charge on any atom is 0.306 e. The molecule has 0 spiro atoms. The first-order valence-electron chi connectivity index (χ1n) is 7.67. The summed E-state index contributed by atoms with van der Waals surface area (Å²) in [4.78, 5) is 11.8. The first-order chi connectivity index (χ1) is 9.71. The van der Waals surface area contributed by atoms with E-state index in [1.165, 1.54) is 0 Å². The van der Waals surface area contributed by atoms with Crippen molar-refractivity contribution in [2.45, 2.75) is 71.2 Å². The molecule has 1 heterocycles. The normalized spacial score (nSPS) is 40.6. The van der Waals surface area contributed by atoms with Gasteiger partial charge in [-0.25, -0.2) is 0 Å². The summed E-state index contributed by atoms with van der Waals surface area (Å²) in [7, 11) is 0. The molecular weight excluding hydrogens is 268 g/mol. The number of rotatable bonds is 0. The second-order valence-corrected chi connectivity index (χ2v) is 6.39. The van der Waals surface area contributed by atoms with Gasteiger partial charge >= 0.3 is 5.97 Å². The third-order valence-corrected chi connectivity index (χ3v) is 4.19. The molecule has 0 fully saturated rings. The molecule has 4 atom stereocenters. The Morgan fingerprint density at radius 1 is 1.33 bits per heavy atom. The van der Waals surface area contributed by atoms with Crippen molar-refractivity contribution in [2.24, 2.45) is 5.92 Å². The lowest BCUT2D eigenvalue weighted by molar-refractivity contribution is -0.151. The predicted molar refractivity (Wildman–Crippen MR) is 82.7 cm³/mol. The molecule has 0 unspecified atom stereocenters. The van der Waals surface area contributed by atoms with Gasteiger partial charge in [-0.3, -0.25) is 4.79 Å². The maximum atomic E-state index is 11.8. The van der Waals surface area contributed by atoms with E-state index < -0.39 is 11.7 Å². The third-order valence-electron chi connectivity index (χ3n) is 4.19. The number of carbonyl (C=O) groups excluding carboxylic acids is 1. The lowest BCUT2D eigenvalue weighted by Crippen LogP contribution is -2.26. The Bertz CT molecular complexity index is 409. The Morgan fingerprint density at radius 3 is 2.67 bits per heavy atom. The lowest BCUT2D eigenvalue weighted by atomic mass is 9.94. The van der Waals surface area contributed by atoms with Crippen LogP contribution in [0.5, 0.6) is 0 Å². The minimum absolute atomic E-state index is 0.183. The summed E-state index contributed by atoms with van der Waals surface area (Å²) in [5, 5.41) is 20.3. The molecule has 0 bridgehead atoms. The van der Waals surface area contributed by atoms with Crippen molar-refractivity contribution in [2.75, 3.05) is 0 Å². The van der Waals surface area contributed by atoms with Crippen molar-refractivity contribution in [1.29, 1.82) is 0 Å². The van der Waals surface area contributed by atoms with Crippen LogP contribution in [-0.2, 0) is 9.53 Å². The Balaban J connectivity index is 2.88. The minimum atomic E-state index is -1.06. The molecule has 0 aliphatic carbocycles. The van der Waals surface area contributed by atoms with Gasteiger partial charge in [0.2, 0.25) is 0 Å². The summed E-state index contributed by atoms with van der Waals surface area (Å²) in [6.45, 7) is 7.44. The molecule has 0 saturated heterocycles. The SMILES string of the molecule is C/C1=C/C=C\[C@@](C)(O)CCC(=O)O[C@H](C)[C@@H](C)CC[C@H]1O. The minimum Gasteiger partial charge on any atom is -0.462 e. The molecule has 0 saturated carbocycles. The molecule has 1 aliphatic heterocycles. The number of hydrogen-bond acceptors (Lipinski definition) is 4. The Hall–Kier alpha value is -1.13. The molecule has 0 aromatic heterocycles. The highest BCUT2D eigenvalue weighted by Crippen LogP contribution is 2.21. The number of aliphatic hydroxyl groups is 2. The van der Waals surface area contributed by atoms with Crippen LogP contribution < -0.4 is 0 Å². The van der Waals surface area contributed by atoms with Crippen molar-refractivity contribution in [3.05, 3.63) is 23.8 Å². The summed E-state index contributed by atoms with van der Waals surface area (Å²) >= 11 is 0. The van der Waals surface area contributed by atoms with E-state index in [-0.39, 0.29) is 24.4 Å². The zero-order valence-corrected chi connectivity index (χ0v) is 13.5. The van der Waals surface area contributed by atoms with Crippen LogP contribution in [0.25, 0.3) is 0 Å². The Kier molecular flexibility index (Phi) is 6.62. The first kappa shape index (κ1) is 17.9. The van der Waals surface area contributed by atoms with Crippen molar-refractivity contribution in [1.82, 2.24) is 0 Å². The average molecular weight is 296 g/mol. The number of cyclic esters (lactones) is 1. The van der Waals surface area contributed by atoms with Gasteiger partial charge in [0.1, 0.15) is 6.10 Å². The van der Waals surface area contributed by atoms with Gasteiger partial charge in [-0.05, 0) is 51.5 Å². The van der Waals surface area contributed by atoms with Crippen LogP contribution >= 0.6 is 0 Å². The molecule has 4 heteroatoms. The monoisotopic (exact) mass is 296 g/mol. The van der Waals surface area contributed by atoms with Crippen LogP contribution in [0.3, 0.4) is 0 Å². The van der Waals surface area contributed by atoms with E-state index in [1.807, 2.05) is 26.8 Å². The smallest absolute Gasteiger partial charge is 0.306 e. The predicted octanol–water partition coefficient (Wildman–Crippen LogP) is 2.74. The van der Waals surface area contributed by atoms with E-state index in [1.54, 1.807) is 19.1 Å². The number of aliphatic hydroxyl groups excluding tert-OH is 1. The van der Waals surface area contributed by atoms with Crippen LogP contribution in [0.1, 0.15) is 53.4 Å². The van der Waals surface area contributed by atoms with Crippen LogP contribution in [0.15, 0.2) is 23.8 Å². The van der Waals surface area contributed by atoms with Gasteiger partial charge < -0.3 is 14.9 Å². The zero-order valence-electron chi connectivity index (χ0n) is 13.5. The van der Waals surface area contributed by atoms with Crippen LogP contribution in [0.2, 0.25) is 0 Å². The molecular formula is C17H28O4. The number of carbonyl (C=O) groups is 1. The summed E-state index contributed by atoms with van der Waals surface area (Å²) in [5.41, 5.74) is -0.185. The van der Waals surface area contributed by atoms with Gasteiger partial charge in [-0.1, -0.05) is 25.2 Å². The standard InChI is InChI=1S/C17H28O4/c1-12-7-8-15(18)13(2)6-5-10-17(4,20)11-9-16(19)21-14(12)3/h5-6,10,12,14-15,18,20H,7-9,11H2,1-4H3/b10-5-,13-6-/t12-,14+,15+,17+/m0/s1. The highest BCUT2D eigenvalue weighted by atomic mass is 16.5. The second kappa shape index (κ2) is 7.76. The number of esters is 1. The highest BCUT2D eigenvalue weighted by molar-refractivity contribution is 5.69. The van der Waals surface area contributed by atoms with Gasteiger partial charge in [-0.2, -0.15) is 0 Å². The van der Waals surface area contributed by atoms with Crippen LogP contribution in [-0.4, -0.2) is 34.0 Å². The number of ether oxygens (including phenoxy) is 1. The Morgan fingerprint density at radius 2 is 2.00 bits per heavy atom. The van der Waals surface area contributed by atoms with Gasteiger partial charge in [0, 0.05) is 6.42 Å². The first-order valence-corrected chi connectivity index (χ1v) is 7.67. The fourth-order valence-electron chi connectivity index (χ4n) is 2.22. The van der Waals surface area contributed by atoms with Crippen molar-refractivity contribution in [3.63, 3.8) is 0 Å².